The molecule has 0 aliphatic carbocycles. The molecule has 0 spiro atoms. The van der Waals surface area contributed by atoms with Crippen molar-refractivity contribution in [2.75, 3.05) is 18.4 Å². The van der Waals surface area contributed by atoms with Gasteiger partial charge in [0, 0.05) is 25.2 Å². The van der Waals surface area contributed by atoms with Gasteiger partial charge in [0.15, 0.2) is 0 Å². The van der Waals surface area contributed by atoms with Gasteiger partial charge < -0.3 is 15.3 Å². The van der Waals surface area contributed by atoms with Crippen molar-refractivity contribution in [1.82, 2.24) is 4.90 Å². The lowest BCUT2D eigenvalue weighted by molar-refractivity contribution is -0.138. The number of hydrogen-bond donors (Lipinski definition) is 2. The number of halogens is 2. The number of anilines is 1. The van der Waals surface area contributed by atoms with Crippen molar-refractivity contribution in [1.29, 1.82) is 0 Å². The number of nitrogens with zero attached hydrogens (tertiary/aromatic N) is 1. The number of hydrogen-bond acceptors (Lipinski definition) is 2. The van der Waals surface area contributed by atoms with E-state index in [4.69, 9.17) is 28.3 Å². The molecule has 0 saturated carbocycles. The van der Waals surface area contributed by atoms with Crippen LogP contribution >= 0.6 is 23.2 Å². The third-order valence-corrected chi connectivity index (χ3v) is 4.18. The Balaban J connectivity index is 1.96. The van der Waals surface area contributed by atoms with Gasteiger partial charge in [0.2, 0.25) is 0 Å². The molecule has 2 N–H and O–H groups in total. The molecule has 21 heavy (non-hydrogen) atoms. The number of carboxylic acid groups (broad SMARTS) is 1. The zero-order valence-corrected chi connectivity index (χ0v) is 12.8. The molecule has 7 heteroatoms. The fraction of sp³-hybridized carbons (Fsp3) is 0.429. The summed E-state index contributed by atoms with van der Waals surface area (Å²) in [5, 5.41) is 12.4. The third-order valence-electron chi connectivity index (χ3n) is 3.44. The highest BCUT2D eigenvalue weighted by Crippen LogP contribution is 2.26. The van der Waals surface area contributed by atoms with Crippen molar-refractivity contribution in [2.24, 2.45) is 5.92 Å². The van der Waals surface area contributed by atoms with Crippen LogP contribution in [0.1, 0.15) is 19.3 Å². The smallest absolute Gasteiger partial charge is 0.321 e. The van der Waals surface area contributed by atoms with Crippen LogP contribution in [0, 0.1) is 5.92 Å². The molecule has 1 atom stereocenters. The lowest BCUT2D eigenvalue weighted by Crippen LogP contribution is -2.42. The standard InChI is InChI=1S/C14H16Cl2N2O3/c15-11-4-3-10(7-12(11)16)17-14(21)18-5-1-2-9(8-18)6-13(19)20/h3-4,7,9H,1-2,5-6,8H2,(H,17,21)(H,19,20). The maximum Gasteiger partial charge on any atom is 0.321 e. The minimum absolute atomic E-state index is 0.0100. The number of urea groups is 1. The van der Waals surface area contributed by atoms with E-state index in [1.165, 1.54) is 0 Å². The minimum Gasteiger partial charge on any atom is -0.481 e. The highest BCUT2D eigenvalue weighted by atomic mass is 35.5. The average Bonchev–Trinajstić information content (AvgIpc) is 2.42. The molecule has 2 rings (SSSR count). The van der Waals surface area contributed by atoms with Gasteiger partial charge >= 0.3 is 12.0 Å². The lowest BCUT2D eigenvalue weighted by atomic mass is 9.95. The van der Waals surface area contributed by atoms with E-state index in [1.807, 2.05) is 0 Å². The SMILES string of the molecule is O=C(O)CC1CCCN(C(=O)Nc2ccc(Cl)c(Cl)c2)C1. The van der Waals surface area contributed by atoms with E-state index >= 15 is 0 Å². The largest absolute Gasteiger partial charge is 0.481 e. The monoisotopic (exact) mass is 330 g/mol. The van der Waals surface area contributed by atoms with Crippen molar-refractivity contribution in [3.8, 4) is 0 Å². The second kappa shape index (κ2) is 7.00. The quantitative estimate of drug-likeness (QED) is 0.887. The molecule has 0 radical (unpaired) electrons. The van der Waals surface area contributed by atoms with E-state index in [9.17, 15) is 9.59 Å². The number of rotatable bonds is 3. The van der Waals surface area contributed by atoms with E-state index in [0.29, 0.717) is 28.8 Å². The van der Waals surface area contributed by atoms with Crippen LogP contribution in [0.4, 0.5) is 10.5 Å². The Labute approximate surface area is 132 Å². The van der Waals surface area contributed by atoms with E-state index in [2.05, 4.69) is 5.32 Å². The molecule has 0 aromatic heterocycles. The summed E-state index contributed by atoms with van der Waals surface area (Å²) in [5.74, 6) is -0.817. The first-order chi connectivity index (χ1) is 9.95. The zero-order valence-electron chi connectivity index (χ0n) is 11.3. The number of nitrogens with one attached hydrogen (secondary N) is 1. The number of carbonyl (C=O) groups is 2. The molecule has 1 unspecified atom stereocenters. The molecular formula is C14H16Cl2N2O3. The highest BCUT2D eigenvalue weighted by molar-refractivity contribution is 6.42. The van der Waals surface area contributed by atoms with Crippen molar-refractivity contribution in [2.45, 2.75) is 19.3 Å². The summed E-state index contributed by atoms with van der Waals surface area (Å²) >= 11 is 11.7. The molecule has 2 amide bonds. The molecular weight excluding hydrogens is 315 g/mol. The van der Waals surface area contributed by atoms with Crippen LogP contribution < -0.4 is 5.32 Å². The van der Waals surface area contributed by atoms with Crippen molar-refractivity contribution < 1.29 is 14.7 Å². The maximum absolute atomic E-state index is 12.2. The molecule has 114 valence electrons. The maximum atomic E-state index is 12.2. The molecule has 1 aliphatic heterocycles. The van der Waals surface area contributed by atoms with Crippen molar-refractivity contribution in [3.63, 3.8) is 0 Å². The molecule has 1 heterocycles. The molecule has 1 aromatic rings. The zero-order chi connectivity index (χ0) is 15.4. The fourth-order valence-electron chi connectivity index (χ4n) is 2.44. The van der Waals surface area contributed by atoms with E-state index in [-0.39, 0.29) is 18.4 Å². The van der Waals surface area contributed by atoms with E-state index in [1.54, 1.807) is 23.1 Å². The summed E-state index contributed by atoms with van der Waals surface area (Å²) < 4.78 is 0. The van der Waals surface area contributed by atoms with Crippen LogP contribution in [0.3, 0.4) is 0 Å². The van der Waals surface area contributed by atoms with Crippen LogP contribution in [0.25, 0.3) is 0 Å². The first kappa shape index (κ1) is 15.9. The third kappa shape index (κ3) is 4.51. The van der Waals surface area contributed by atoms with Gasteiger partial charge in [-0.1, -0.05) is 23.2 Å². The second-order valence-corrected chi connectivity index (χ2v) is 5.93. The summed E-state index contributed by atoms with van der Waals surface area (Å²) in [6.07, 6.45) is 1.74. The van der Waals surface area contributed by atoms with Crippen LogP contribution in [-0.2, 0) is 4.79 Å². The molecule has 0 bridgehead atoms. The van der Waals surface area contributed by atoms with Gasteiger partial charge in [0.1, 0.15) is 0 Å². The van der Waals surface area contributed by atoms with Crippen LogP contribution in [0.5, 0.6) is 0 Å². The topological polar surface area (TPSA) is 69.6 Å². The number of amides is 2. The summed E-state index contributed by atoms with van der Waals surface area (Å²) in [4.78, 5) is 24.6. The fourth-order valence-corrected chi connectivity index (χ4v) is 2.74. The highest BCUT2D eigenvalue weighted by Gasteiger charge is 2.25. The number of benzene rings is 1. The summed E-state index contributed by atoms with van der Waals surface area (Å²) in [7, 11) is 0. The first-order valence-electron chi connectivity index (χ1n) is 6.68. The molecule has 1 aromatic carbocycles. The Bertz CT molecular complexity index is 551. The molecule has 1 saturated heterocycles. The Morgan fingerprint density at radius 1 is 1.33 bits per heavy atom. The number of carboxylic acids is 1. The average molecular weight is 331 g/mol. The van der Waals surface area contributed by atoms with Crippen molar-refractivity contribution in [3.05, 3.63) is 28.2 Å². The Kier molecular flexibility index (Phi) is 5.31. The summed E-state index contributed by atoms with van der Waals surface area (Å²) in [6.45, 7) is 1.09. The predicted molar refractivity (Wildman–Crippen MR) is 82.0 cm³/mol. The molecule has 1 fully saturated rings. The summed E-state index contributed by atoms with van der Waals surface area (Å²) in [6, 6.07) is 4.62. The van der Waals surface area contributed by atoms with Gasteiger partial charge in [0.05, 0.1) is 10.0 Å². The van der Waals surface area contributed by atoms with Gasteiger partial charge in [-0.2, -0.15) is 0 Å². The Hall–Kier alpha value is -1.46. The van der Waals surface area contributed by atoms with Gasteiger partial charge in [-0.15, -0.1) is 0 Å². The second-order valence-electron chi connectivity index (χ2n) is 5.11. The number of piperidine rings is 1. The van der Waals surface area contributed by atoms with Gasteiger partial charge in [-0.05, 0) is 37.0 Å². The number of aliphatic carboxylic acids is 1. The van der Waals surface area contributed by atoms with Crippen molar-refractivity contribution >= 4 is 40.9 Å². The van der Waals surface area contributed by atoms with Crippen LogP contribution in [-0.4, -0.2) is 35.1 Å². The minimum atomic E-state index is -0.827. The van der Waals surface area contributed by atoms with E-state index < -0.39 is 5.97 Å². The van der Waals surface area contributed by atoms with Gasteiger partial charge in [0.25, 0.3) is 0 Å². The number of likely N-dealkylation sites (tertiary alicyclic amines) is 1. The lowest BCUT2D eigenvalue weighted by Gasteiger charge is -2.32. The molecule has 1 aliphatic rings. The first-order valence-corrected chi connectivity index (χ1v) is 7.44. The Morgan fingerprint density at radius 3 is 2.76 bits per heavy atom. The summed E-state index contributed by atoms with van der Waals surface area (Å²) in [5.41, 5.74) is 0.565. The normalized spacial score (nSPS) is 18.4. The predicted octanol–water partition coefficient (Wildman–Crippen LogP) is 3.71. The van der Waals surface area contributed by atoms with Gasteiger partial charge in [-0.25, -0.2) is 4.79 Å². The Morgan fingerprint density at radius 2 is 2.10 bits per heavy atom. The number of carbonyl (C=O) groups excluding carboxylic acids is 1. The van der Waals surface area contributed by atoms with Crippen LogP contribution in [0.15, 0.2) is 18.2 Å². The van der Waals surface area contributed by atoms with Crippen LogP contribution in [0.2, 0.25) is 10.0 Å². The van der Waals surface area contributed by atoms with E-state index in [0.717, 1.165) is 12.8 Å². The van der Waals surface area contributed by atoms with Gasteiger partial charge in [-0.3, -0.25) is 4.79 Å². The molecule has 5 nitrogen and oxygen atoms in total.